The van der Waals surface area contributed by atoms with Gasteiger partial charge in [-0.15, -0.1) is 0 Å². The van der Waals surface area contributed by atoms with Crippen molar-refractivity contribution in [3.8, 4) is 17.2 Å². The molecule has 9 nitrogen and oxygen atoms in total. The van der Waals surface area contributed by atoms with E-state index < -0.39 is 5.82 Å². The number of hydrogen-bond donors (Lipinski definition) is 1. The van der Waals surface area contributed by atoms with Gasteiger partial charge < -0.3 is 24.2 Å². The molecule has 260 valence electrons. The molecule has 6 aliphatic rings. The van der Waals surface area contributed by atoms with Crippen LogP contribution in [0.2, 0.25) is 10.0 Å². The molecule has 2 aromatic carbocycles. The van der Waals surface area contributed by atoms with Crippen molar-refractivity contribution < 1.29 is 13.7 Å². The minimum absolute atomic E-state index is 0.0530. The average molecular weight is 725 g/mol. The number of amides is 1. The normalized spacial score (nSPS) is 26.6. The SMILES string of the molecule is Cc1nc2c(F)c(-c3cccc(Cl)c3Cl)c(CCC#N)cc2c2c1cc([C@H]1[C@H]3C[C@H](CN(c4ccon4)C3)N1C(=O)C1CC1)n2[C@H]1[C@H]2CN[C@@H]1C2. The van der Waals surface area contributed by atoms with Gasteiger partial charge in [0.05, 0.1) is 39.8 Å². The third-order valence-corrected chi connectivity index (χ3v) is 13.1. The summed E-state index contributed by atoms with van der Waals surface area (Å²) < 4.78 is 24.9. The summed E-state index contributed by atoms with van der Waals surface area (Å²) in [6, 6.07) is 14.0. The standard InChI is InChI=1S/C39H36Cl2FN7O2/c1-19-26-15-30(37-23-12-24(48(37)39(50)20-7-8-20)18-47(17-23)31-9-11-51-46-31)49(36-22-14-29(36)44-16-22)38(26)27-13-21(4-3-10-43)32(34(42)35(27)45-19)25-5-2-6-28(40)33(25)41/h2,5-6,9,11,13,15,20,22-24,29,36-37,44H,3-4,7-8,12,14,16-18H2,1H3/t22-,23+,24-,29-,36+,37-/m1/s1. The van der Waals surface area contributed by atoms with Gasteiger partial charge in [0.25, 0.3) is 0 Å². The molecule has 4 saturated heterocycles. The van der Waals surface area contributed by atoms with Gasteiger partial charge in [-0.3, -0.25) is 4.79 Å². The first kappa shape index (κ1) is 31.6. The van der Waals surface area contributed by atoms with Gasteiger partial charge in [-0.1, -0.05) is 40.5 Å². The number of nitrogens with one attached hydrogen (secondary N) is 1. The number of nitrogens with zero attached hydrogens (tertiary/aromatic N) is 6. The number of likely N-dealkylation sites (tertiary alicyclic amines) is 1. The van der Waals surface area contributed by atoms with Crippen LogP contribution in [-0.4, -0.2) is 57.2 Å². The second kappa shape index (κ2) is 11.7. The molecule has 6 atom stereocenters. The molecule has 4 aliphatic heterocycles. The van der Waals surface area contributed by atoms with E-state index in [9.17, 15) is 10.1 Å². The van der Waals surface area contributed by atoms with Crippen LogP contribution in [0.1, 0.15) is 61.1 Å². The van der Waals surface area contributed by atoms with Crippen LogP contribution >= 0.6 is 23.2 Å². The van der Waals surface area contributed by atoms with E-state index in [1.54, 1.807) is 24.5 Å². The smallest absolute Gasteiger partial charge is 0.226 e. The summed E-state index contributed by atoms with van der Waals surface area (Å²) in [7, 11) is 0. The van der Waals surface area contributed by atoms with Crippen molar-refractivity contribution >= 4 is 56.7 Å². The van der Waals surface area contributed by atoms with Gasteiger partial charge in [-0.25, -0.2) is 9.37 Å². The third-order valence-electron chi connectivity index (χ3n) is 12.3. The Hall–Kier alpha value is -4.17. The van der Waals surface area contributed by atoms with Crippen molar-refractivity contribution in [1.82, 2.24) is 24.9 Å². The van der Waals surface area contributed by atoms with E-state index in [1.807, 2.05) is 19.1 Å². The number of carbonyl (C=O) groups is 1. The number of carbonyl (C=O) groups excluding carboxylic acids is 1. The van der Waals surface area contributed by atoms with Crippen LogP contribution in [0.5, 0.6) is 0 Å². The van der Waals surface area contributed by atoms with Crippen LogP contribution in [0.25, 0.3) is 32.9 Å². The average Bonchev–Trinajstić information content (AvgIpc) is 3.56. The Morgan fingerprint density at radius 2 is 2.00 bits per heavy atom. The third kappa shape index (κ3) is 4.70. The highest BCUT2D eigenvalue weighted by Crippen LogP contribution is 2.54. The summed E-state index contributed by atoms with van der Waals surface area (Å²) in [5.74, 6) is 1.26. The molecular formula is C39H36Cl2FN7O2. The number of nitriles is 1. The molecule has 0 spiro atoms. The van der Waals surface area contributed by atoms with Gasteiger partial charge in [0.15, 0.2) is 11.6 Å². The first-order valence-corrected chi connectivity index (χ1v) is 18.8. The van der Waals surface area contributed by atoms with Crippen LogP contribution in [-0.2, 0) is 11.2 Å². The molecule has 0 radical (unpaired) electrons. The molecule has 7 heterocycles. The number of halogens is 3. The molecule has 2 saturated carbocycles. The number of rotatable bonds is 7. The molecular weight excluding hydrogens is 688 g/mol. The summed E-state index contributed by atoms with van der Waals surface area (Å²) >= 11 is 13.1. The van der Waals surface area contributed by atoms with Crippen LogP contribution in [0.3, 0.4) is 0 Å². The van der Waals surface area contributed by atoms with E-state index in [4.69, 9.17) is 32.7 Å². The fourth-order valence-corrected chi connectivity index (χ4v) is 10.3. The molecule has 11 rings (SSSR count). The van der Waals surface area contributed by atoms with Crippen LogP contribution in [0.15, 0.2) is 47.2 Å². The van der Waals surface area contributed by atoms with Crippen molar-refractivity contribution in [3.63, 3.8) is 0 Å². The van der Waals surface area contributed by atoms with E-state index in [2.05, 4.69) is 37.0 Å². The zero-order valence-electron chi connectivity index (χ0n) is 28.1. The number of aryl methyl sites for hydroxylation is 2. The predicted molar refractivity (Wildman–Crippen MR) is 193 cm³/mol. The molecule has 51 heavy (non-hydrogen) atoms. The summed E-state index contributed by atoms with van der Waals surface area (Å²) in [5, 5.41) is 19.9. The van der Waals surface area contributed by atoms with Gasteiger partial charge in [0, 0.05) is 83.3 Å². The molecule has 1 amide bonds. The maximum atomic E-state index is 17.2. The van der Waals surface area contributed by atoms with Crippen molar-refractivity contribution in [1.29, 1.82) is 5.26 Å². The Morgan fingerprint density at radius 1 is 1.14 bits per heavy atom. The fraction of sp³-hybridized carbons (Fsp3) is 0.436. The zero-order chi connectivity index (χ0) is 34.7. The van der Waals surface area contributed by atoms with Crippen molar-refractivity contribution in [2.45, 2.75) is 69.6 Å². The number of anilines is 1. The van der Waals surface area contributed by atoms with Crippen molar-refractivity contribution in [2.75, 3.05) is 24.5 Å². The van der Waals surface area contributed by atoms with Gasteiger partial charge in [-0.05, 0) is 68.7 Å². The highest BCUT2D eigenvalue weighted by molar-refractivity contribution is 6.43. The van der Waals surface area contributed by atoms with Crippen LogP contribution in [0.4, 0.5) is 10.2 Å². The predicted octanol–water partition coefficient (Wildman–Crippen LogP) is 7.78. The quantitative estimate of drug-likeness (QED) is 0.183. The molecule has 6 fully saturated rings. The number of hydrogen-bond acceptors (Lipinski definition) is 7. The number of fused-ring (bicyclic) bond motifs is 6. The van der Waals surface area contributed by atoms with Crippen molar-refractivity contribution in [2.24, 2.45) is 17.8 Å². The Bertz CT molecular complexity index is 2280. The first-order chi connectivity index (χ1) is 24.8. The lowest BCUT2D eigenvalue weighted by Crippen LogP contribution is -2.45. The van der Waals surface area contributed by atoms with Gasteiger partial charge >= 0.3 is 0 Å². The number of piperidine rings is 1. The minimum atomic E-state index is -0.468. The largest absolute Gasteiger partial charge is 0.363 e. The lowest BCUT2D eigenvalue weighted by Gasteiger charge is -2.40. The maximum absolute atomic E-state index is 17.2. The summed E-state index contributed by atoms with van der Waals surface area (Å²) in [6.45, 7) is 4.34. The Morgan fingerprint density at radius 3 is 2.73 bits per heavy atom. The molecule has 1 N–H and O–H groups in total. The number of aromatic nitrogens is 3. The van der Waals surface area contributed by atoms with E-state index >= 15 is 4.39 Å². The monoisotopic (exact) mass is 723 g/mol. The minimum Gasteiger partial charge on any atom is -0.363 e. The zero-order valence-corrected chi connectivity index (χ0v) is 29.6. The van der Waals surface area contributed by atoms with E-state index in [0.29, 0.717) is 52.0 Å². The Labute approximate surface area is 304 Å². The summed E-state index contributed by atoms with van der Waals surface area (Å²) in [4.78, 5) is 23.7. The summed E-state index contributed by atoms with van der Waals surface area (Å²) in [5.41, 5.74) is 4.56. The van der Waals surface area contributed by atoms with Gasteiger partial charge in [0.1, 0.15) is 11.8 Å². The second-order valence-electron chi connectivity index (χ2n) is 15.2. The molecule has 3 aromatic heterocycles. The highest BCUT2D eigenvalue weighted by atomic mass is 35.5. The number of pyridine rings is 1. The fourth-order valence-electron chi connectivity index (χ4n) is 9.86. The molecule has 2 aliphatic carbocycles. The van der Waals surface area contributed by atoms with E-state index in [-0.39, 0.29) is 52.8 Å². The molecule has 4 bridgehead atoms. The van der Waals surface area contributed by atoms with E-state index in [0.717, 1.165) is 66.9 Å². The molecule has 12 heteroatoms. The lowest BCUT2D eigenvalue weighted by atomic mass is 9.79. The van der Waals surface area contributed by atoms with Crippen LogP contribution < -0.4 is 10.2 Å². The van der Waals surface area contributed by atoms with Gasteiger partial charge in [-0.2, -0.15) is 5.26 Å². The Kier molecular flexibility index (Phi) is 7.22. The Balaban J connectivity index is 1.23. The highest BCUT2D eigenvalue weighted by Gasteiger charge is 2.55. The second-order valence-corrected chi connectivity index (χ2v) is 15.9. The summed E-state index contributed by atoms with van der Waals surface area (Å²) in [6.07, 6.45) is 6.04. The van der Waals surface area contributed by atoms with Crippen LogP contribution in [0, 0.1) is 41.8 Å². The van der Waals surface area contributed by atoms with Gasteiger partial charge in [0.2, 0.25) is 5.91 Å². The molecule has 5 aromatic rings. The lowest BCUT2D eigenvalue weighted by molar-refractivity contribution is -0.135. The topological polar surface area (TPSA) is 103 Å². The van der Waals surface area contributed by atoms with Crippen molar-refractivity contribution in [3.05, 3.63) is 75.5 Å². The van der Waals surface area contributed by atoms with E-state index in [1.165, 1.54) is 0 Å². The first-order valence-electron chi connectivity index (χ1n) is 18.0. The maximum Gasteiger partial charge on any atom is 0.226 e. The molecule has 0 unspecified atom stereocenters. The number of benzene rings is 2.